The highest BCUT2D eigenvalue weighted by molar-refractivity contribution is 5.97. The fraction of sp³-hybridized carbons (Fsp3) is 0.533. The Morgan fingerprint density at radius 1 is 1.22 bits per heavy atom. The number of rotatable bonds is 4. The van der Waals surface area contributed by atoms with Gasteiger partial charge in [0.15, 0.2) is 0 Å². The van der Waals surface area contributed by atoms with Crippen LogP contribution in [0.25, 0.3) is 0 Å². The Morgan fingerprint density at radius 2 is 1.72 bits per heavy atom. The van der Waals surface area contributed by atoms with Crippen LogP contribution in [0.5, 0.6) is 0 Å². The summed E-state index contributed by atoms with van der Waals surface area (Å²) in [5.41, 5.74) is 9.69. The zero-order chi connectivity index (χ0) is 13.9. The molecule has 2 N–H and O–H groups in total. The van der Waals surface area contributed by atoms with E-state index in [1.165, 1.54) is 5.56 Å². The van der Waals surface area contributed by atoms with Gasteiger partial charge in [-0.15, -0.1) is 0 Å². The summed E-state index contributed by atoms with van der Waals surface area (Å²) in [7, 11) is 0. The van der Waals surface area contributed by atoms with E-state index in [-0.39, 0.29) is 11.9 Å². The number of nitrogens with zero attached hydrogens (tertiary/aromatic N) is 1. The first-order chi connectivity index (χ1) is 8.38. The molecule has 0 atom stereocenters. The maximum Gasteiger partial charge on any atom is 0.254 e. The number of aryl methyl sites for hydroxylation is 3. The van der Waals surface area contributed by atoms with Crippen LogP contribution in [0.2, 0.25) is 0 Å². The third kappa shape index (κ3) is 3.10. The molecule has 1 rings (SSSR count). The Hall–Kier alpha value is -1.35. The Kier molecular flexibility index (Phi) is 4.91. The minimum atomic E-state index is 0.0884. The summed E-state index contributed by atoms with van der Waals surface area (Å²) in [6.07, 6.45) is 0. The summed E-state index contributed by atoms with van der Waals surface area (Å²) in [5, 5.41) is 0. The molecule has 0 unspecified atom stereocenters. The van der Waals surface area contributed by atoms with Gasteiger partial charge < -0.3 is 10.6 Å². The van der Waals surface area contributed by atoms with Gasteiger partial charge in [0.1, 0.15) is 0 Å². The van der Waals surface area contributed by atoms with Gasteiger partial charge in [-0.05, 0) is 45.7 Å². The van der Waals surface area contributed by atoms with Crippen LogP contribution in [-0.4, -0.2) is 29.9 Å². The van der Waals surface area contributed by atoms with Crippen molar-refractivity contribution in [3.63, 3.8) is 0 Å². The largest absolute Gasteiger partial charge is 0.335 e. The van der Waals surface area contributed by atoms with E-state index in [2.05, 4.69) is 12.1 Å². The second-order valence-electron chi connectivity index (χ2n) is 5.15. The van der Waals surface area contributed by atoms with E-state index in [0.29, 0.717) is 13.1 Å². The Bertz CT molecular complexity index is 415. The van der Waals surface area contributed by atoms with E-state index in [9.17, 15) is 4.79 Å². The van der Waals surface area contributed by atoms with Crippen molar-refractivity contribution in [1.29, 1.82) is 0 Å². The van der Waals surface area contributed by atoms with E-state index < -0.39 is 0 Å². The summed E-state index contributed by atoms with van der Waals surface area (Å²) in [6.45, 7) is 11.2. The van der Waals surface area contributed by atoms with Gasteiger partial charge in [0.25, 0.3) is 5.91 Å². The molecular formula is C15H24N2O. The lowest BCUT2D eigenvalue weighted by molar-refractivity contribution is 0.0710. The van der Waals surface area contributed by atoms with E-state index >= 15 is 0 Å². The van der Waals surface area contributed by atoms with Gasteiger partial charge in [-0.3, -0.25) is 4.79 Å². The highest BCUT2D eigenvalue weighted by Gasteiger charge is 2.21. The van der Waals surface area contributed by atoms with Crippen molar-refractivity contribution in [2.75, 3.05) is 13.1 Å². The van der Waals surface area contributed by atoms with Crippen molar-refractivity contribution in [2.45, 2.75) is 40.7 Å². The number of benzene rings is 1. The van der Waals surface area contributed by atoms with Crippen molar-refractivity contribution in [2.24, 2.45) is 5.73 Å². The van der Waals surface area contributed by atoms with Crippen molar-refractivity contribution in [3.8, 4) is 0 Å². The highest BCUT2D eigenvalue weighted by atomic mass is 16.2. The summed E-state index contributed by atoms with van der Waals surface area (Å²) >= 11 is 0. The molecule has 0 aliphatic heterocycles. The minimum absolute atomic E-state index is 0.0884. The molecular weight excluding hydrogens is 224 g/mol. The van der Waals surface area contributed by atoms with Crippen molar-refractivity contribution in [1.82, 2.24) is 4.90 Å². The molecule has 3 heteroatoms. The highest BCUT2D eigenvalue weighted by Crippen LogP contribution is 2.19. The monoisotopic (exact) mass is 248 g/mol. The normalized spacial score (nSPS) is 10.8. The van der Waals surface area contributed by atoms with Gasteiger partial charge in [-0.1, -0.05) is 17.7 Å². The Morgan fingerprint density at radius 3 is 2.11 bits per heavy atom. The lowest BCUT2D eigenvalue weighted by Crippen LogP contribution is -2.41. The van der Waals surface area contributed by atoms with Crippen LogP contribution in [0, 0.1) is 20.8 Å². The number of amides is 1. The first-order valence-corrected chi connectivity index (χ1v) is 6.47. The van der Waals surface area contributed by atoms with Crippen LogP contribution in [-0.2, 0) is 0 Å². The van der Waals surface area contributed by atoms with Gasteiger partial charge in [0.2, 0.25) is 0 Å². The summed E-state index contributed by atoms with van der Waals surface area (Å²) in [4.78, 5) is 14.4. The average molecular weight is 248 g/mol. The lowest BCUT2D eigenvalue weighted by atomic mass is 9.98. The van der Waals surface area contributed by atoms with Crippen LogP contribution < -0.4 is 5.73 Å². The molecule has 0 fully saturated rings. The molecule has 0 spiro atoms. The molecule has 0 heterocycles. The molecule has 0 aliphatic rings. The molecule has 0 bridgehead atoms. The maximum atomic E-state index is 12.6. The Balaban J connectivity index is 3.16. The summed E-state index contributed by atoms with van der Waals surface area (Å²) < 4.78 is 0. The van der Waals surface area contributed by atoms with Gasteiger partial charge >= 0.3 is 0 Å². The predicted molar refractivity (Wildman–Crippen MR) is 75.9 cm³/mol. The van der Waals surface area contributed by atoms with E-state index in [4.69, 9.17) is 5.73 Å². The number of carbonyl (C=O) groups excluding carboxylic acids is 1. The standard InChI is InChI=1S/C15H24N2O/c1-10(2)17(7-6-16)15(18)14-12(4)8-11(3)9-13(14)5/h8-10H,6-7,16H2,1-5H3. The SMILES string of the molecule is Cc1cc(C)c(C(=O)N(CCN)C(C)C)c(C)c1. The van der Waals surface area contributed by atoms with E-state index in [1.54, 1.807) is 0 Å². The Labute approximate surface area is 110 Å². The van der Waals surface area contributed by atoms with Crippen molar-refractivity contribution in [3.05, 3.63) is 34.4 Å². The topological polar surface area (TPSA) is 46.3 Å². The van der Waals surface area contributed by atoms with Crippen LogP contribution in [0.3, 0.4) is 0 Å². The van der Waals surface area contributed by atoms with Gasteiger partial charge in [0.05, 0.1) is 0 Å². The number of hydrogen-bond donors (Lipinski definition) is 1. The van der Waals surface area contributed by atoms with E-state index in [1.807, 2.05) is 39.5 Å². The molecule has 0 radical (unpaired) electrons. The van der Waals surface area contributed by atoms with Gasteiger partial charge in [-0.25, -0.2) is 0 Å². The van der Waals surface area contributed by atoms with Gasteiger partial charge in [0, 0.05) is 24.7 Å². The molecule has 0 saturated heterocycles. The summed E-state index contributed by atoms with van der Waals surface area (Å²) in [5.74, 6) is 0.0884. The average Bonchev–Trinajstić information content (AvgIpc) is 2.23. The molecule has 0 saturated carbocycles. The quantitative estimate of drug-likeness (QED) is 0.889. The third-order valence-electron chi connectivity index (χ3n) is 3.15. The predicted octanol–water partition coefficient (Wildman–Crippen LogP) is 2.42. The van der Waals surface area contributed by atoms with E-state index in [0.717, 1.165) is 16.7 Å². The van der Waals surface area contributed by atoms with Crippen LogP contribution in [0.1, 0.15) is 40.9 Å². The zero-order valence-electron chi connectivity index (χ0n) is 12.1. The van der Waals surface area contributed by atoms with Gasteiger partial charge in [-0.2, -0.15) is 0 Å². The number of nitrogens with two attached hydrogens (primary N) is 1. The molecule has 0 aromatic heterocycles. The molecule has 18 heavy (non-hydrogen) atoms. The lowest BCUT2D eigenvalue weighted by Gasteiger charge is -2.27. The molecule has 100 valence electrons. The van der Waals surface area contributed by atoms with Crippen LogP contribution in [0.4, 0.5) is 0 Å². The minimum Gasteiger partial charge on any atom is -0.335 e. The molecule has 0 aliphatic carbocycles. The number of hydrogen-bond acceptors (Lipinski definition) is 2. The zero-order valence-corrected chi connectivity index (χ0v) is 12.1. The number of carbonyl (C=O) groups is 1. The van der Waals surface area contributed by atoms with Crippen LogP contribution in [0.15, 0.2) is 12.1 Å². The second kappa shape index (κ2) is 6.01. The fourth-order valence-electron chi connectivity index (χ4n) is 2.39. The molecule has 3 nitrogen and oxygen atoms in total. The fourth-order valence-corrected chi connectivity index (χ4v) is 2.39. The van der Waals surface area contributed by atoms with Crippen molar-refractivity contribution < 1.29 is 4.79 Å². The summed E-state index contributed by atoms with van der Waals surface area (Å²) in [6, 6.07) is 4.28. The molecule has 1 amide bonds. The second-order valence-corrected chi connectivity index (χ2v) is 5.15. The smallest absolute Gasteiger partial charge is 0.254 e. The first kappa shape index (κ1) is 14.7. The first-order valence-electron chi connectivity index (χ1n) is 6.47. The molecule has 1 aromatic carbocycles. The molecule has 1 aromatic rings. The third-order valence-corrected chi connectivity index (χ3v) is 3.15. The van der Waals surface area contributed by atoms with Crippen molar-refractivity contribution >= 4 is 5.91 Å². The maximum absolute atomic E-state index is 12.6. The van der Waals surface area contributed by atoms with Crippen LogP contribution >= 0.6 is 0 Å².